The van der Waals surface area contributed by atoms with Crippen molar-refractivity contribution in [2.45, 2.75) is 24.9 Å². The van der Waals surface area contributed by atoms with Crippen LogP contribution in [-0.2, 0) is 6.42 Å². The van der Waals surface area contributed by atoms with Gasteiger partial charge in [0.1, 0.15) is 11.6 Å². The zero-order valence-electron chi connectivity index (χ0n) is 9.92. The predicted molar refractivity (Wildman–Crippen MR) is 61.7 cm³/mol. The van der Waals surface area contributed by atoms with Gasteiger partial charge in [0.15, 0.2) is 0 Å². The molecular formula is C13H17F2NO. The Hall–Kier alpha value is -1.00. The molecule has 1 unspecified atom stereocenters. The molecule has 0 saturated carbocycles. The summed E-state index contributed by atoms with van der Waals surface area (Å²) in [5, 5.41) is 10.4. The minimum atomic E-state index is -1.02. The van der Waals surface area contributed by atoms with E-state index in [1.165, 1.54) is 18.2 Å². The van der Waals surface area contributed by atoms with Crippen LogP contribution in [0, 0.1) is 11.6 Å². The Morgan fingerprint density at radius 3 is 2.59 bits per heavy atom. The Bertz CT molecular complexity index is 390. The fraction of sp³-hybridized carbons (Fsp3) is 0.538. The molecule has 0 radical (unpaired) electrons. The molecule has 0 aromatic heterocycles. The van der Waals surface area contributed by atoms with Gasteiger partial charge in [-0.05, 0) is 38.6 Å². The number of benzene rings is 1. The molecule has 2 rings (SSSR count). The largest absolute Gasteiger partial charge is 0.388 e. The standard InChI is InChI=1S/C13H17F2NO/c1-16-7-3-6-13(17,9-16)8-10-11(14)4-2-5-12(10)15/h2,4-5,17H,3,6-9H2,1H3. The van der Waals surface area contributed by atoms with E-state index in [9.17, 15) is 13.9 Å². The maximum Gasteiger partial charge on any atom is 0.129 e. The second-order valence-corrected chi connectivity index (χ2v) is 4.94. The Morgan fingerprint density at radius 1 is 1.35 bits per heavy atom. The number of piperidine rings is 1. The highest BCUT2D eigenvalue weighted by Gasteiger charge is 2.33. The number of aliphatic hydroxyl groups is 1. The highest BCUT2D eigenvalue weighted by Crippen LogP contribution is 2.26. The van der Waals surface area contributed by atoms with Crippen molar-refractivity contribution in [3.05, 3.63) is 35.4 Å². The Balaban J connectivity index is 2.19. The molecule has 94 valence electrons. The summed E-state index contributed by atoms with van der Waals surface area (Å²) in [4.78, 5) is 1.99. The summed E-state index contributed by atoms with van der Waals surface area (Å²) in [5.74, 6) is -1.15. The number of hydrogen-bond donors (Lipinski definition) is 1. The van der Waals surface area contributed by atoms with E-state index in [2.05, 4.69) is 0 Å². The molecule has 0 bridgehead atoms. The molecule has 1 atom stereocenters. The summed E-state index contributed by atoms with van der Waals surface area (Å²) in [6, 6.07) is 3.80. The summed E-state index contributed by atoms with van der Waals surface area (Å²) >= 11 is 0. The van der Waals surface area contributed by atoms with E-state index in [0.717, 1.165) is 13.0 Å². The van der Waals surface area contributed by atoms with Gasteiger partial charge >= 0.3 is 0 Å². The van der Waals surface area contributed by atoms with E-state index in [4.69, 9.17) is 0 Å². The maximum atomic E-state index is 13.5. The van der Waals surface area contributed by atoms with Crippen molar-refractivity contribution in [2.75, 3.05) is 20.1 Å². The molecule has 2 nitrogen and oxygen atoms in total. The number of rotatable bonds is 2. The fourth-order valence-electron chi connectivity index (χ4n) is 2.51. The molecule has 0 spiro atoms. The van der Waals surface area contributed by atoms with Crippen LogP contribution in [0.5, 0.6) is 0 Å². The van der Waals surface area contributed by atoms with Gasteiger partial charge in [0.05, 0.1) is 5.60 Å². The zero-order chi connectivity index (χ0) is 12.5. The van der Waals surface area contributed by atoms with Gasteiger partial charge in [-0.15, -0.1) is 0 Å². The van der Waals surface area contributed by atoms with Crippen molar-refractivity contribution in [2.24, 2.45) is 0 Å². The van der Waals surface area contributed by atoms with Crippen LogP contribution >= 0.6 is 0 Å². The first-order valence-corrected chi connectivity index (χ1v) is 5.84. The van der Waals surface area contributed by atoms with Gasteiger partial charge in [-0.25, -0.2) is 8.78 Å². The highest BCUT2D eigenvalue weighted by molar-refractivity contribution is 5.22. The Morgan fingerprint density at radius 2 is 2.00 bits per heavy atom. The molecule has 0 amide bonds. The molecule has 1 aromatic carbocycles. The molecule has 1 aliphatic rings. The summed E-state index contributed by atoms with van der Waals surface area (Å²) in [6.07, 6.45) is 1.48. The van der Waals surface area contributed by atoms with E-state index in [1.807, 2.05) is 11.9 Å². The van der Waals surface area contributed by atoms with Crippen LogP contribution in [0.15, 0.2) is 18.2 Å². The SMILES string of the molecule is CN1CCCC(O)(Cc2c(F)cccc2F)C1. The molecule has 1 aromatic rings. The molecule has 1 fully saturated rings. The van der Waals surface area contributed by atoms with Crippen LogP contribution in [0.2, 0.25) is 0 Å². The number of β-amino-alcohol motifs (C(OH)–C–C–N with tert-alkyl or cyclic N) is 1. The predicted octanol–water partition coefficient (Wildman–Crippen LogP) is 1.96. The highest BCUT2D eigenvalue weighted by atomic mass is 19.1. The first-order chi connectivity index (χ1) is 8.00. The molecule has 17 heavy (non-hydrogen) atoms. The second-order valence-electron chi connectivity index (χ2n) is 4.94. The van der Waals surface area contributed by atoms with Crippen molar-refractivity contribution in [3.8, 4) is 0 Å². The van der Waals surface area contributed by atoms with Crippen LogP contribution in [0.1, 0.15) is 18.4 Å². The number of halogens is 2. The third kappa shape index (κ3) is 2.82. The maximum absolute atomic E-state index is 13.5. The molecule has 1 saturated heterocycles. The van der Waals surface area contributed by atoms with Gasteiger partial charge in [0.2, 0.25) is 0 Å². The summed E-state index contributed by atoms with van der Waals surface area (Å²) in [6.45, 7) is 1.38. The van der Waals surface area contributed by atoms with Crippen LogP contribution in [-0.4, -0.2) is 35.7 Å². The van der Waals surface area contributed by atoms with Gasteiger partial charge in [-0.3, -0.25) is 0 Å². The first-order valence-electron chi connectivity index (χ1n) is 5.84. The minimum Gasteiger partial charge on any atom is -0.388 e. The van der Waals surface area contributed by atoms with Gasteiger partial charge < -0.3 is 10.0 Å². The van der Waals surface area contributed by atoms with Crippen LogP contribution in [0.3, 0.4) is 0 Å². The average molecular weight is 241 g/mol. The van der Waals surface area contributed by atoms with Gasteiger partial charge in [-0.2, -0.15) is 0 Å². The molecule has 1 heterocycles. The lowest BCUT2D eigenvalue weighted by Crippen LogP contribution is -2.48. The van der Waals surface area contributed by atoms with Crippen LogP contribution < -0.4 is 0 Å². The van der Waals surface area contributed by atoms with E-state index in [0.29, 0.717) is 13.0 Å². The topological polar surface area (TPSA) is 23.5 Å². The van der Waals surface area contributed by atoms with Crippen molar-refractivity contribution in [1.82, 2.24) is 4.90 Å². The molecule has 0 aliphatic carbocycles. The van der Waals surface area contributed by atoms with Crippen molar-refractivity contribution in [1.29, 1.82) is 0 Å². The lowest BCUT2D eigenvalue weighted by Gasteiger charge is -2.37. The third-order valence-electron chi connectivity index (χ3n) is 3.31. The van der Waals surface area contributed by atoms with E-state index >= 15 is 0 Å². The molecular weight excluding hydrogens is 224 g/mol. The number of likely N-dealkylation sites (N-methyl/N-ethyl adjacent to an activating group) is 1. The summed E-state index contributed by atoms with van der Waals surface area (Å²) in [5.41, 5.74) is -1.03. The molecule has 4 heteroatoms. The van der Waals surface area contributed by atoms with Gasteiger partial charge in [0, 0.05) is 18.5 Å². The molecule has 1 N–H and O–H groups in total. The summed E-state index contributed by atoms with van der Waals surface area (Å²) in [7, 11) is 1.90. The fourth-order valence-corrected chi connectivity index (χ4v) is 2.51. The Labute approximate surface area is 99.9 Å². The number of hydrogen-bond acceptors (Lipinski definition) is 2. The zero-order valence-corrected chi connectivity index (χ0v) is 9.92. The van der Waals surface area contributed by atoms with Crippen LogP contribution in [0.4, 0.5) is 8.78 Å². The lowest BCUT2D eigenvalue weighted by molar-refractivity contribution is -0.0235. The first kappa shape index (κ1) is 12.5. The van der Waals surface area contributed by atoms with Gasteiger partial charge in [0.25, 0.3) is 0 Å². The molecule has 1 aliphatic heterocycles. The third-order valence-corrected chi connectivity index (χ3v) is 3.31. The quantitative estimate of drug-likeness (QED) is 0.855. The van der Waals surface area contributed by atoms with Crippen molar-refractivity contribution < 1.29 is 13.9 Å². The number of nitrogens with zero attached hydrogens (tertiary/aromatic N) is 1. The van der Waals surface area contributed by atoms with E-state index < -0.39 is 17.2 Å². The average Bonchev–Trinajstić information content (AvgIpc) is 2.23. The monoisotopic (exact) mass is 241 g/mol. The van der Waals surface area contributed by atoms with Gasteiger partial charge in [-0.1, -0.05) is 6.07 Å². The lowest BCUT2D eigenvalue weighted by atomic mass is 9.86. The van der Waals surface area contributed by atoms with Crippen LogP contribution in [0.25, 0.3) is 0 Å². The van der Waals surface area contributed by atoms with Crippen molar-refractivity contribution in [3.63, 3.8) is 0 Å². The summed E-state index contributed by atoms with van der Waals surface area (Å²) < 4.78 is 27.0. The van der Waals surface area contributed by atoms with E-state index in [1.54, 1.807) is 0 Å². The normalized spacial score (nSPS) is 26.1. The Kier molecular flexibility index (Phi) is 3.45. The van der Waals surface area contributed by atoms with E-state index in [-0.39, 0.29) is 12.0 Å². The second kappa shape index (κ2) is 4.70. The van der Waals surface area contributed by atoms with Crippen molar-refractivity contribution >= 4 is 0 Å². The minimum absolute atomic E-state index is 0.00898. The smallest absolute Gasteiger partial charge is 0.129 e. The number of likely N-dealkylation sites (tertiary alicyclic amines) is 1.